The molecule has 2 aromatic carbocycles. The largest absolute Gasteiger partial charge is 0.486 e. The number of hydrogen-bond donors (Lipinski definition) is 1. The number of aromatic nitrogens is 3. The number of hydrogen-bond acceptors (Lipinski definition) is 5. The van der Waals surface area contributed by atoms with E-state index >= 15 is 0 Å². The molecule has 4 aromatic rings. The van der Waals surface area contributed by atoms with Gasteiger partial charge in [0.25, 0.3) is 5.91 Å². The highest BCUT2D eigenvalue weighted by molar-refractivity contribution is 6.35. The highest BCUT2D eigenvalue weighted by atomic mass is 35.5. The van der Waals surface area contributed by atoms with Crippen LogP contribution in [0, 0.1) is 6.92 Å². The molecule has 0 aliphatic rings. The quantitative estimate of drug-likeness (QED) is 0.342. The van der Waals surface area contributed by atoms with Crippen molar-refractivity contribution in [1.29, 1.82) is 0 Å². The van der Waals surface area contributed by atoms with Gasteiger partial charge in [0.2, 0.25) is 5.95 Å². The van der Waals surface area contributed by atoms with E-state index in [0.717, 1.165) is 11.1 Å². The van der Waals surface area contributed by atoms with Crippen molar-refractivity contribution >= 4 is 46.7 Å². The Morgan fingerprint density at radius 3 is 2.72 bits per heavy atom. The third-order valence-corrected chi connectivity index (χ3v) is 5.52. The van der Waals surface area contributed by atoms with Gasteiger partial charge in [-0.25, -0.2) is 9.67 Å². The number of aryl methyl sites for hydroxylation is 1. The zero-order valence-electron chi connectivity index (χ0n) is 16.8. The summed E-state index contributed by atoms with van der Waals surface area (Å²) in [7, 11) is 0. The van der Waals surface area contributed by atoms with Gasteiger partial charge in [-0.2, -0.15) is 0 Å². The molecular weight excluding hydrogens is 475 g/mol. The van der Waals surface area contributed by atoms with Crippen LogP contribution in [0.3, 0.4) is 0 Å². The van der Waals surface area contributed by atoms with E-state index < -0.39 is 5.91 Å². The molecule has 7 nitrogen and oxygen atoms in total. The molecule has 0 bridgehead atoms. The summed E-state index contributed by atoms with van der Waals surface area (Å²) in [5.41, 5.74) is 1.74. The number of nitrogens with one attached hydrogen (secondary N) is 1. The molecule has 0 saturated heterocycles. The minimum Gasteiger partial charge on any atom is -0.486 e. The van der Waals surface area contributed by atoms with Crippen LogP contribution in [0.15, 0.2) is 59.3 Å². The van der Waals surface area contributed by atoms with Gasteiger partial charge in [0.1, 0.15) is 24.4 Å². The number of carbonyl (C=O) groups excluding carboxylic acids is 1. The lowest BCUT2D eigenvalue weighted by atomic mass is 10.2. The van der Waals surface area contributed by atoms with Crippen LogP contribution in [0.4, 0.5) is 5.95 Å². The van der Waals surface area contributed by atoms with Crippen LogP contribution in [0.25, 0.3) is 0 Å². The lowest BCUT2D eigenvalue weighted by molar-refractivity contribution is 0.0991. The molecule has 0 unspecified atom stereocenters. The van der Waals surface area contributed by atoms with Gasteiger partial charge in [-0.3, -0.25) is 10.1 Å². The molecule has 2 heterocycles. The summed E-state index contributed by atoms with van der Waals surface area (Å²) < 4.78 is 12.8. The molecule has 164 valence electrons. The lowest BCUT2D eigenvalue weighted by Crippen LogP contribution is -2.12. The van der Waals surface area contributed by atoms with Crippen LogP contribution in [-0.4, -0.2) is 20.7 Å². The van der Waals surface area contributed by atoms with E-state index in [9.17, 15) is 4.79 Å². The van der Waals surface area contributed by atoms with Gasteiger partial charge < -0.3 is 9.15 Å². The Morgan fingerprint density at radius 2 is 1.94 bits per heavy atom. The Morgan fingerprint density at radius 1 is 1.09 bits per heavy atom. The van der Waals surface area contributed by atoms with Crippen LogP contribution < -0.4 is 10.1 Å². The smallest absolute Gasteiger partial charge is 0.293 e. The Labute approximate surface area is 198 Å². The second-order valence-corrected chi connectivity index (χ2v) is 8.17. The van der Waals surface area contributed by atoms with E-state index in [-0.39, 0.29) is 18.3 Å². The third-order valence-electron chi connectivity index (χ3n) is 4.51. The first-order chi connectivity index (χ1) is 15.4. The maximum Gasteiger partial charge on any atom is 0.293 e. The Bertz CT molecular complexity index is 1270. The fourth-order valence-corrected chi connectivity index (χ4v) is 3.44. The first-order valence-corrected chi connectivity index (χ1v) is 10.6. The molecule has 1 amide bonds. The number of rotatable bonds is 7. The van der Waals surface area contributed by atoms with Crippen LogP contribution in [0.1, 0.15) is 27.4 Å². The van der Waals surface area contributed by atoms with Crippen molar-refractivity contribution in [3.05, 3.63) is 92.6 Å². The zero-order chi connectivity index (χ0) is 22.7. The summed E-state index contributed by atoms with van der Waals surface area (Å²) in [5, 5.41) is 8.59. The Hall–Kier alpha value is -3.00. The van der Waals surface area contributed by atoms with Crippen LogP contribution in [-0.2, 0) is 13.2 Å². The van der Waals surface area contributed by atoms with E-state index in [1.54, 1.807) is 41.1 Å². The standard InChI is InChI=1S/C22H17Cl3N4O3/c1-13-8-16(4-6-18(13)24)31-11-17-5-7-20(32-17)21(30)27-22-26-12-29(28-22)10-14-2-3-15(23)9-19(14)25/h2-9,12H,10-11H2,1H3,(H,27,28,30). The van der Waals surface area contributed by atoms with Crippen molar-refractivity contribution in [3.63, 3.8) is 0 Å². The number of nitrogens with zero attached hydrogens (tertiary/aromatic N) is 3. The van der Waals surface area contributed by atoms with Crippen molar-refractivity contribution in [2.75, 3.05) is 5.32 Å². The lowest BCUT2D eigenvalue weighted by Gasteiger charge is -2.06. The highest BCUT2D eigenvalue weighted by Gasteiger charge is 2.14. The summed E-state index contributed by atoms with van der Waals surface area (Å²) in [6, 6.07) is 13.8. The SMILES string of the molecule is Cc1cc(OCc2ccc(C(=O)Nc3ncn(Cc4ccc(Cl)cc4Cl)n3)o2)ccc1Cl. The predicted molar refractivity (Wildman–Crippen MR) is 123 cm³/mol. The fraction of sp³-hybridized carbons (Fsp3) is 0.136. The number of ether oxygens (including phenoxy) is 1. The molecule has 0 spiro atoms. The number of carbonyl (C=O) groups is 1. The first-order valence-electron chi connectivity index (χ1n) is 9.50. The molecule has 0 aliphatic heterocycles. The summed E-state index contributed by atoms with van der Waals surface area (Å²) in [5.74, 6) is 0.947. The molecule has 10 heteroatoms. The van der Waals surface area contributed by atoms with Crippen LogP contribution in [0.2, 0.25) is 15.1 Å². The molecule has 0 fully saturated rings. The fourth-order valence-electron chi connectivity index (χ4n) is 2.85. The van der Waals surface area contributed by atoms with Crippen molar-refractivity contribution in [2.45, 2.75) is 20.1 Å². The van der Waals surface area contributed by atoms with Crippen molar-refractivity contribution in [3.8, 4) is 5.75 Å². The van der Waals surface area contributed by atoms with Gasteiger partial charge in [-0.1, -0.05) is 40.9 Å². The van der Waals surface area contributed by atoms with Gasteiger partial charge in [0.05, 0.1) is 6.54 Å². The number of furan rings is 1. The number of anilines is 1. The minimum atomic E-state index is -0.471. The van der Waals surface area contributed by atoms with Gasteiger partial charge in [0.15, 0.2) is 5.76 Å². The summed E-state index contributed by atoms with van der Waals surface area (Å²) in [6.07, 6.45) is 1.50. The third kappa shape index (κ3) is 5.43. The molecule has 0 atom stereocenters. The van der Waals surface area contributed by atoms with Gasteiger partial charge in [-0.05, 0) is 60.5 Å². The van der Waals surface area contributed by atoms with E-state index in [4.69, 9.17) is 44.0 Å². The monoisotopic (exact) mass is 490 g/mol. The zero-order valence-corrected chi connectivity index (χ0v) is 19.1. The van der Waals surface area contributed by atoms with Gasteiger partial charge >= 0.3 is 0 Å². The van der Waals surface area contributed by atoms with Gasteiger partial charge in [-0.15, -0.1) is 5.10 Å². The maximum absolute atomic E-state index is 12.5. The van der Waals surface area contributed by atoms with Gasteiger partial charge in [0, 0.05) is 15.1 Å². The molecule has 1 N–H and O–H groups in total. The Kier molecular flexibility index (Phi) is 6.69. The van der Waals surface area contributed by atoms with Crippen molar-refractivity contribution < 1.29 is 13.9 Å². The summed E-state index contributed by atoms with van der Waals surface area (Å²) in [6.45, 7) is 2.44. The van der Waals surface area contributed by atoms with Crippen LogP contribution in [0.5, 0.6) is 5.75 Å². The molecule has 4 rings (SSSR count). The summed E-state index contributed by atoms with van der Waals surface area (Å²) >= 11 is 18.1. The summed E-state index contributed by atoms with van der Waals surface area (Å²) in [4.78, 5) is 16.6. The number of benzene rings is 2. The second-order valence-electron chi connectivity index (χ2n) is 6.92. The predicted octanol–water partition coefficient (Wildman–Crippen LogP) is 6.02. The van der Waals surface area contributed by atoms with Crippen LogP contribution >= 0.6 is 34.8 Å². The number of halogens is 3. The molecular formula is C22H17Cl3N4O3. The van der Waals surface area contributed by atoms with E-state index in [0.29, 0.717) is 33.1 Å². The molecule has 32 heavy (non-hydrogen) atoms. The topological polar surface area (TPSA) is 82.2 Å². The molecule has 0 saturated carbocycles. The average molecular weight is 492 g/mol. The average Bonchev–Trinajstić information content (AvgIpc) is 3.40. The minimum absolute atomic E-state index is 0.119. The maximum atomic E-state index is 12.5. The van der Waals surface area contributed by atoms with Crippen molar-refractivity contribution in [2.24, 2.45) is 0 Å². The molecule has 2 aromatic heterocycles. The van der Waals surface area contributed by atoms with Crippen molar-refractivity contribution in [1.82, 2.24) is 14.8 Å². The normalized spacial score (nSPS) is 10.9. The number of amides is 1. The highest BCUT2D eigenvalue weighted by Crippen LogP contribution is 2.23. The van der Waals surface area contributed by atoms with E-state index in [2.05, 4.69) is 15.4 Å². The Balaban J connectivity index is 1.34. The molecule has 0 radical (unpaired) electrons. The van der Waals surface area contributed by atoms with E-state index in [1.807, 2.05) is 19.1 Å². The van der Waals surface area contributed by atoms with E-state index in [1.165, 1.54) is 6.33 Å². The first kappa shape index (κ1) is 22.2. The molecule has 0 aliphatic carbocycles. The second kappa shape index (κ2) is 9.65.